The molecule has 132 heavy (non-hydrogen) atoms. The van der Waals surface area contributed by atoms with E-state index in [1.54, 1.807) is 176 Å². The Kier molecular flexibility index (Phi) is 23.6. The zero-order valence-corrected chi connectivity index (χ0v) is 71.7. The summed E-state index contributed by atoms with van der Waals surface area (Å²) in [5.41, 5.74) is 15.4. The van der Waals surface area contributed by atoms with Crippen LogP contribution in [0.1, 0.15) is 88.4 Å². The third-order valence-corrected chi connectivity index (χ3v) is 27.6. The van der Waals surface area contributed by atoms with Gasteiger partial charge in [-0.2, -0.15) is 0 Å². The van der Waals surface area contributed by atoms with Gasteiger partial charge in [0, 0.05) is 70.0 Å². The van der Waals surface area contributed by atoms with E-state index in [1.807, 2.05) is 153 Å². The Hall–Kier alpha value is -17.5. The van der Waals surface area contributed by atoms with Crippen LogP contribution in [-0.4, -0.2) is 59.5 Å². The van der Waals surface area contributed by atoms with Crippen LogP contribution in [0.2, 0.25) is 0 Å². The first kappa shape index (κ1) is 85.3. The molecule has 24 nitrogen and oxygen atoms in total. The molecule has 4 aliphatic rings. The highest BCUT2D eigenvalue weighted by Gasteiger charge is 2.41. The van der Waals surface area contributed by atoms with Gasteiger partial charge in [-0.3, -0.25) is 24.1 Å². The van der Waals surface area contributed by atoms with Crippen molar-refractivity contribution in [3.63, 3.8) is 0 Å². The molecule has 0 spiro atoms. The highest BCUT2D eigenvalue weighted by atomic mass is 31.2. The lowest BCUT2D eigenvalue weighted by Gasteiger charge is -2.23. The van der Waals surface area contributed by atoms with Crippen LogP contribution >= 0.6 is 14.3 Å². The zero-order valence-electron chi connectivity index (χ0n) is 69.9. The van der Waals surface area contributed by atoms with Crippen molar-refractivity contribution < 1.29 is 94.9 Å². The molecule has 16 aromatic carbocycles. The van der Waals surface area contributed by atoms with Crippen molar-refractivity contribution in [1.82, 2.24) is 4.90 Å². The standard InChI is InChI=1S/C54H37N2O9P.C34H19O9P.C18H16N2O2/c1-34-12-9-14-36(28-34)62-38-16-11-17-39(30-38)63-37-15-10-13-35(29-37)56-53(59)46-26-23-41(32-48(46)54(56)60)65-49-27-24-42(64-40-22-25-45-47(31-40)52(58)55(2)51(45)57)33-50(49)66(61,43-18-5-3-6-19-43)44-20-7-4-8-21-44;35-31-25-14-11-20(17-27(25)33(37)42-31)40-22-13-16-29(41-21-12-15-26-28(18-21)34(38)43-32(26)36)30(19-22)44(39,23-7-3-1-4-8-23)24-9-5-2-6-10-24;19-13-4-1-6-15(10-13)21-17-8-3-9-18(12-17)22-16-7-2-5-14(20)11-16/h3-33H,1-2H3;1-19H;1-12H,19-20H2. The smallest absolute Gasteiger partial charge is 0.347 e. The average molecular weight is 1780 g/mol. The summed E-state index contributed by atoms with van der Waals surface area (Å²) in [4.78, 5) is 104. The summed E-state index contributed by atoms with van der Waals surface area (Å²) in [6.45, 7) is 1.99. The predicted molar refractivity (Wildman–Crippen MR) is 497 cm³/mol. The number of fused-ring (bicyclic) bond motifs is 4. The molecule has 16 aromatic rings. The number of imide groups is 2. The molecule has 20 rings (SSSR count). The van der Waals surface area contributed by atoms with Gasteiger partial charge in [-0.05, 0) is 194 Å². The lowest BCUT2D eigenvalue weighted by atomic mass is 10.1. The van der Waals surface area contributed by atoms with Gasteiger partial charge in [0.1, 0.15) is 92.0 Å². The van der Waals surface area contributed by atoms with E-state index < -0.39 is 61.8 Å². The van der Waals surface area contributed by atoms with Gasteiger partial charge in [0.05, 0.1) is 60.8 Å². The Morgan fingerprint density at radius 2 is 0.523 bits per heavy atom. The fraction of sp³-hybridized carbons (Fsp3) is 0.0189. The van der Waals surface area contributed by atoms with Crippen molar-refractivity contribution in [3.8, 4) is 92.0 Å². The summed E-state index contributed by atoms with van der Waals surface area (Å²) >= 11 is 0. The van der Waals surface area contributed by atoms with Crippen molar-refractivity contribution in [2.24, 2.45) is 0 Å². The molecule has 0 aliphatic carbocycles. The molecule has 4 heterocycles. The number of ether oxygens (including phenoxy) is 10. The van der Waals surface area contributed by atoms with Crippen molar-refractivity contribution >= 4 is 111 Å². The quantitative estimate of drug-likeness (QED) is 0.0197. The number of nitrogens with two attached hydrogens (primary N) is 2. The molecule has 0 aromatic heterocycles. The van der Waals surface area contributed by atoms with Gasteiger partial charge in [-0.15, -0.1) is 0 Å². The van der Waals surface area contributed by atoms with Crippen LogP contribution in [0.25, 0.3) is 0 Å². The molecule has 0 saturated carbocycles. The molecule has 4 aliphatic heterocycles. The number of rotatable bonds is 23. The maximum Gasteiger partial charge on any atom is 0.347 e. The van der Waals surface area contributed by atoms with Crippen molar-refractivity contribution in [1.29, 1.82) is 0 Å². The Balaban J connectivity index is 0.000000151. The van der Waals surface area contributed by atoms with E-state index in [0.29, 0.717) is 95.3 Å². The lowest BCUT2D eigenvalue weighted by molar-refractivity contribution is 0.0425. The highest BCUT2D eigenvalue weighted by molar-refractivity contribution is 7.86. The van der Waals surface area contributed by atoms with Crippen LogP contribution < -0.4 is 86.1 Å². The SMILES string of the molecule is Cc1cccc(Oc2cccc(Oc3cccc(N4C(=O)c5ccc(Oc6ccc(Oc7ccc8c(c7)C(=O)N(C)C8=O)cc6P(=O)(c6ccccc6)c6ccccc6)cc5C4=O)c3)c2)c1.Nc1cccc(Oc2cccc(Oc3cccc(N)c3)c2)c1.O=C1OC(=O)c2cc(Oc3ccc(Oc4ccc5c(c4)C(=O)OC5=O)c(P(=O)(c4ccccc4)c4ccccc4)c3)ccc21. The van der Waals surface area contributed by atoms with Gasteiger partial charge in [-0.1, -0.05) is 164 Å². The second kappa shape index (κ2) is 36.5. The summed E-state index contributed by atoms with van der Waals surface area (Å²) in [5, 5.41) is 2.72. The van der Waals surface area contributed by atoms with Gasteiger partial charge in [0.15, 0.2) is 14.3 Å². The van der Waals surface area contributed by atoms with Crippen LogP contribution in [0.15, 0.2) is 376 Å². The van der Waals surface area contributed by atoms with E-state index in [4.69, 9.17) is 54.1 Å². The number of carbonyl (C=O) groups excluding carboxylic acids is 8. The number of carbonyl (C=O) groups is 8. The first-order valence-corrected chi connectivity index (χ1v) is 44.5. The average Bonchev–Trinajstić information content (AvgIpc) is 1.10. The lowest BCUT2D eigenvalue weighted by Crippen LogP contribution is -2.29. The molecule has 4 N–H and O–H groups in total. The van der Waals surface area contributed by atoms with Gasteiger partial charge in [0.2, 0.25) is 0 Å². The minimum Gasteiger partial charge on any atom is -0.457 e. The molecular weight excluding hydrogens is 1710 g/mol. The molecule has 26 heteroatoms. The first-order valence-electron chi connectivity index (χ1n) is 41.1. The molecule has 0 unspecified atom stereocenters. The van der Waals surface area contributed by atoms with E-state index in [1.165, 1.54) is 61.6 Å². The number of aryl methyl sites for hydroxylation is 1. The zero-order chi connectivity index (χ0) is 91.3. The largest absolute Gasteiger partial charge is 0.457 e. The number of cyclic esters (lactones) is 4. The van der Waals surface area contributed by atoms with Crippen LogP contribution in [-0.2, 0) is 18.6 Å². The van der Waals surface area contributed by atoms with E-state index >= 15 is 9.13 Å². The number of hydrogen-bond donors (Lipinski definition) is 2. The summed E-state index contributed by atoms with van der Waals surface area (Å²) in [6.07, 6.45) is 0. The Labute approximate surface area is 754 Å². The number of benzene rings is 16. The third kappa shape index (κ3) is 17.8. The monoisotopic (exact) mass is 1780 g/mol. The first-order chi connectivity index (χ1) is 64.0. The van der Waals surface area contributed by atoms with Crippen molar-refractivity contribution in [2.45, 2.75) is 6.92 Å². The van der Waals surface area contributed by atoms with Gasteiger partial charge in [-0.25, -0.2) is 24.1 Å². The molecule has 0 atom stereocenters. The van der Waals surface area contributed by atoms with Crippen LogP contribution in [0.4, 0.5) is 17.1 Å². The summed E-state index contributed by atoms with van der Waals surface area (Å²) < 4.78 is 89.6. The normalized spacial score (nSPS) is 12.8. The number of amides is 4. The van der Waals surface area contributed by atoms with E-state index in [9.17, 15) is 38.4 Å². The fourth-order valence-corrected chi connectivity index (χ4v) is 20.7. The Bertz CT molecular complexity index is 7290. The summed E-state index contributed by atoms with van der Waals surface area (Å²) in [5.74, 6) is 1.93. The van der Waals surface area contributed by atoms with E-state index in [-0.39, 0.29) is 90.1 Å². The van der Waals surface area contributed by atoms with Crippen molar-refractivity contribution in [2.75, 3.05) is 23.4 Å². The topological polar surface area (TPSA) is 322 Å². The van der Waals surface area contributed by atoms with Crippen LogP contribution in [0.3, 0.4) is 0 Å². The molecule has 0 radical (unpaired) electrons. The van der Waals surface area contributed by atoms with E-state index in [2.05, 4.69) is 4.74 Å². The summed E-state index contributed by atoms with van der Waals surface area (Å²) in [6, 6.07) is 107. The molecule has 646 valence electrons. The number of nitrogens with zero attached hydrogens (tertiary/aromatic N) is 2. The van der Waals surface area contributed by atoms with Gasteiger partial charge >= 0.3 is 23.9 Å². The fourth-order valence-electron chi connectivity index (χ4n) is 15.2. The maximum atomic E-state index is 15.9. The second-order valence-corrected chi connectivity index (χ2v) is 35.8. The second-order valence-electron chi connectivity index (χ2n) is 30.3. The highest BCUT2D eigenvalue weighted by Crippen LogP contribution is 2.50. The minimum absolute atomic E-state index is 0.0666. The van der Waals surface area contributed by atoms with Crippen molar-refractivity contribution in [3.05, 3.63) is 426 Å². The minimum atomic E-state index is -3.72. The number of esters is 4. The van der Waals surface area contributed by atoms with Gasteiger partial charge in [0.25, 0.3) is 23.6 Å². The summed E-state index contributed by atoms with van der Waals surface area (Å²) in [7, 11) is -5.92. The maximum absolute atomic E-state index is 15.9. The van der Waals surface area contributed by atoms with Gasteiger partial charge < -0.3 is 68.0 Å². The Morgan fingerprint density at radius 1 is 0.242 bits per heavy atom. The Morgan fingerprint density at radius 3 is 0.917 bits per heavy atom. The molecule has 4 amide bonds. The van der Waals surface area contributed by atoms with Crippen LogP contribution in [0.5, 0.6) is 92.0 Å². The molecule has 0 bridgehead atoms. The molecular formula is C106H72N4O20P2. The third-order valence-electron chi connectivity index (χ3n) is 21.4. The molecule has 0 saturated heterocycles. The number of hydrogen-bond acceptors (Lipinski definition) is 22. The number of anilines is 3. The number of nitrogen functional groups attached to an aromatic ring is 2. The predicted octanol–water partition coefficient (Wildman–Crippen LogP) is 20.8. The van der Waals surface area contributed by atoms with E-state index in [0.717, 1.165) is 15.4 Å². The van der Waals surface area contributed by atoms with Crippen LogP contribution in [0, 0.1) is 6.92 Å². The molecule has 0 fully saturated rings.